The molecule has 1 atom stereocenters. The molecule has 0 saturated carbocycles. The average molecular weight is 238 g/mol. The van der Waals surface area contributed by atoms with Gasteiger partial charge in [0.05, 0.1) is 7.11 Å². The largest absolute Gasteiger partial charge is 0.494 e. The van der Waals surface area contributed by atoms with Crippen molar-refractivity contribution in [3.05, 3.63) is 29.6 Å². The van der Waals surface area contributed by atoms with Crippen molar-refractivity contribution in [2.24, 2.45) is 11.7 Å². The van der Waals surface area contributed by atoms with E-state index >= 15 is 0 Å². The Labute approximate surface area is 101 Å². The molecule has 17 heavy (non-hydrogen) atoms. The van der Waals surface area contributed by atoms with Crippen molar-refractivity contribution >= 4 is 0 Å². The van der Waals surface area contributed by atoms with Crippen LogP contribution in [0, 0.1) is 11.7 Å². The number of nitrogens with two attached hydrogens (primary N) is 1. The summed E-state index contributed by atoms with van der Waals surface area (Å²) < 4.78 is 18.5. The Morgan fingerprint density at radius 3 is 2.71 bits per heavy atom. The fourth-order valence-electron chi connectivity index (χ4n) is 2.37. The van der Waals surface area contributed by atoms with Gasteiger partial charge in [-0.3, -0.25) is 0 Å². The third-order valence-corrected chi connectivity index (χ3v) is 3.45. The van der Waals surface area contributed by atoms with Crippen molar-refractivity contribution in [3.8, 4) is 5.75 Å². The summed E-state index contributed by atoms with van der Waals surface area (Å²) in [6.07, 6.45) is 2.10. The lowest BCUT2D eigenvalue weighted by molar-refractivity contribution is 0.320. The molecule has 3 nitrogen and oxygen atoms in total. The predicted octanol–water partition coefficient (Wildman–Crippen LogP) is 1.83. The Morgan fingerprint density at radius 1 is 1.41 bits per heavy atom. The van der Waals surface area contributed by atoms with Gasteiger partial charge in [0.1, 0.15) is 0 Å². The quantitative estimate of drug-likeness (QED) is 0.844. The van der Waals surface area contributed by atoms with E-state index in [1.165, 1.54) is 13.2 Å². The average Bonchev–Trinajstić information content (AvgIpc) is 2.39. The van der Waals surface area contributed by atoms with Crippen LogP contribution >= 0.6 is 0 Å². The number of hydrogen-bond acceptors (Lipinski definition) is 3. The smallest absolute Gasteiger partial charge is 0.165 e. The normalized spacial score (nSPS) is 19.0. The molecule has 0 bridgehead atoms. The molecule has 4 heteroatoms. The van der Waals surface area contributed by atoms with Gasteiger partial charge in [-0.05, 0) is 49.5 Å². The van der Waals surface area contributed by atoms with Gasteiger partial charge >= 0.3 is 0 Å². The summed E-state index contributed by atoms with van der Waals surface area (Å²) in [5.41, 5.74) is 7.05. The van der Waals surface area contributed by atoms with E-state index in [0.29, 0.717) is 5.92 Å². The number of methoxy groups -OCH3 is 1. The minimum atomic E-state index is -0.339. The van der Waals surface area contributed by atoms with E-state index < -0.39 is 0 Å². The Bertz CT molecular complexity index is 378. The predicted molar refractivity (Wildman–Crippen MR) is 65.5 cm³/mol. The van der Waals surface area contributed by atoms with Gasteiger partial charge in [0, 0.05) is 6.04 Å². The topological polar surface area (TPSA) is 47.3 Å². The van der Waals surface area contributed by atoms with E-state index in [1.807, 2.05) is 6.07 Å². The molecule has 0 spiro atoms. The van der Waals surface area contributed by atoms with E-state index in [0.717, 1.165) is 31.5 Å². The second-order valence-electron chi connectivity index (χ2n) is 4.51. The monoisotopic (exact) mass is 238 g/mol. The zero-order valence-corrected chi connectivity index (χ0v) is 10.1. The molecule has 0 aliphatic carbocycles. The molecule has 1 saturated heterocycles. The number of hydrogen-bond donors (Lipinski definition) is 2. The van der Waals surface area contributed by atoms with Crippen LogP contribution in [0.25, 0.3) is 0 Å². The SMILES string of the molecule is COc1ccc(C(N)C2CCNCC2)cc1F. The van der Waals surface area contributed by atoms with Crippen molar-refractivity contribution in [2.75, 3.05) is 20.2 Å². The van der Waals surface area contributed by atoms with Crippen LogP contribution in [0.1, 0.15) is 24.4 Å². The lowest BCUT2D eigenvalue weighted by atomic mass is 9.86. The first-order valence-electron chi connectivity index (χ1n) is 6.02. The summed E-state index contributed by atoms with van der Waals surface area (Å²) in [4.78, 5) is 0. The summed E-state index contributed by atoms with van der Waals surface area (Å²) in [5.74, 6) is 0.365. The van der Waals surface area contributed by atoms with Gasteiger partial charge < -0.3 is 15.8 Å². The highest BCUT2D eigenvalue weighted by molar-refractivity contribution is 5.31. The Kier molecular flexibility index (Phi) is 3.97. The first kappa shape index (κ1) is 12.3. The van der Waals surface area contributed by atoms with E-state index in [-0.39, 0.29) is 17.6 Å². The van der Waals surface area contributed by atoms with Crippen LogP contribution in [0.3, 0.4) is 0 Å². The molecule has 0 radical (unpaired) electrons. The van der Waals surface area contributed by atoms with Gasteiger partial charge in [-0.2, -0.15) is 0 Å². The molecule has 94 valence electrons. The lowest BCUT2D eigenvalue weighted by Gasteiger charge is -2.28. The molecular weight excluding hydrogens is 219 g/mol. The molecular formula is C13H19FN2O. The van der Waals surface area contributed by atoms with Crippen molar-refractivity contribution in [2.45, 2.75) is 18.9 Å². The van der Waals surface area contributed by atoms with Crippen molar-refractivity contribution < 1.29 is 9.13 Å². The number of nitrogens with one attached hydrogen (secondary N) is 1. The summed E-state index contributed by atoms with van der Waals surface area (Å²) in [6.45, 7) is 1.99. The van der Waals surface area contributed by atoms with Crippen LogP contribution in [0.5, 0.6) is 5.75 Å². The van der Waals surface area contributed by atoms with Crippen molar-refractivity contribution in [1.82, 2.24) is 5.32 Å². The maximum absolute atomic E-state index is 13.6. The van der Waals surface area contributed by atoms with Crippen LogP contribution < -0.4 is 15.8 Å². The second-order valence-corrected chi connectivity index (χ2v) is 4.51. The fourth-order valence-corrected chi connectivity index (χ4v) is 2.37. The number of benzene rings is 1. The van der Waals surface area contributed by atoms with Gasteiger partial charge in [0.2, 0.25) is 0 Å². The molecule has 0 aromatic heterocycles. The first-order valence-corrected chi connectivity index (χ1v) is 6.02. The third-order valence-electron chi connectivity index (χ3n) is 3.45. The van der Waals surface area contributed by atoms with Gasteiger partial charge in [0.25, 0.3) is 0 Å². The molecule has 3 N–H and O–H groups in total. The molecule has 2 rings (SSSR count). The van der Waals surface area contributed by atoms with Gasteiger partial charge in [-0.1, -0.05) is 6.07 Å². The molecule has 1 unspecified atom stereocenters. The molecule has 1 aromatic carbocycles. The van der Waals surface area contributed by atoms with E-state index in [4.69, 9.17) is 10.5 Å². The number of piperidine rings is 1. The third kappa shape index (κ3) is 2.76. The van der Waals surface area contributed by atoms with Crippen molar-refractivity contribution in [1.29, 1.82) is 0 Å². The van der Waals surface area contributed by atoms with Gasteiger partial charge in [-0.15, -0.1) is 0 Å². The molecule has 1 heterocycles. The van der Waals surface area contributed by atoms with Crippen LogP contribution in [-0.2, 0) is 0 Å². The fraction of sp³-hybridized carbons (Fsp3) is 0.538. The Balaban J connectivity index is 2.12. The highest BCUT2D eigenvalue weighted by Crippen LogP contribution is 2.29. The zero-order chi connectivity index (χ0) is 12.3. The first-order chi connectivity index (χ1) is 8.22. The summed E-state index contributed by atoms with van der Waals surface area (Å²) in [6, 6.07) is 4.91. The van der Waals surface area contributed by atoms with Crippen LogP contribution in [-0.4, -0.2) is 20.2 Å². The lowest BCUT2D eigenvalue weighted by Crippen LogP contribution is -2.33. The summed E-state index contributed by atoms with van der Waals surface area (Å²) in [7, 11) is 1.46. The summed E-state index contributed by atoms with van der Waals surface area (Å²) >= 11 is 0. The van der Waals surface area contributed by atoms with Gasteiger partial charge in [-0.25, -0.2) is 4.39 Å². The molecule has 0 amide bonds. The van der Waals surface area contributed by atoms with E-state index in [2.05, 4.69) is 5.32 Å². The van der Waals surface area contributed by atoms with Crippen LogP contribution in [0.15, 0.2) is 18.2 Å². The molecule has 1 aliphatic rings. The van der Waals surface area contributed by atoms with Crippen molar-refractivity contribution in [3.63, 3.8) is 0 Å². The number of rotatable bonds is 3. The number of halogens is 1. The standard InChI is InChI=1S/C13H19FN2O/c1-17-12-3-2-10(8-11(12)14)13(15)9-4-6-16-7-5-9/h2-3,8-9,13,16H,4-7,15H2,1H3. The van der Waals surface area contributed by atoms with Crippen LogP contribution in [0.2, 0.25) is 0 Å². The number of ether oxygens (including phenoxy) is 1. The highest BCUT2D eigenvalue weighted by atomic mass is 19.1. The minimum Gasteiger partial charge on any atom is -0.494 e. The second kappa shape index (κ2) is 5.47. The zero-order valence-electron chi connectivity index (χ0n) is 10.1. The molecule has 1 fully saturated rings. The molecule has 1 aromatic rings. The van der Waals surface area contributed by atoms with E-state index in [9.17, 15) is 4.39 Å². The summed E-state index contributed by atoms with van der Waals surface area (Å²) in [5, 5.41) is 3.30. The minimum absolute atomic E-state index is 0.0856. The van der Waals surface area contributed by atoms with Gasteiger partial charge in [0.15, 0.2) is 11.6 Å². The maximum Gasteiger partial charge on any atom is 0.165 e. The molecule has 1 aliphatic heterocycles. The highest BCUT2D eigenvalue weighted by Gasteiger charge is 2.22. The van der Waals surface area contributed by atoms with E-state index in [1.54, 1.807) is 6.07 Å². The Hall–Kier alpha value is -1.13. The Morgan fingerprint density at radius 2 is 2.12 bits per heavy atom. The van der Waals surface area contributed by atoms with Crippen LogP contribution in [0.4, 0.5) is 4.39 Å². The maximum atomic E-state index is 13.6.